The minimum atomic E-state index is -0.310. The molecule has 1 aliphatic heterocycles. The zero-order valence-electron chi connectivity index (χ0n) is 19.4. The van der Waals surface area contributed by atoms with Crippen LogP contribution in [0.25, 0.3) is 0 Å². The molecule has 0 saturated heterocycles. The molecule has 2 aromatic carbocycles. The van der Waals surface area contributed by atoms with Crippen molar-refractivity contribution in [2.24, 2.45) is 5.92 Å². The Hall–Kier alpha value is -3.19. The first-order valence-electron chi connectivity index (χ1n) is 11.5. The molecule has 2 amide bonds. The van der Waals surface area contributed by atoms with E-state index < -0.39 is 0 Å². The van der Waals surface area contributed by atoms with Crippen LogP contribution in [0.2, 0.25) is 0 Å². The van der Waals surface area contributed by atoms with E-state index in [1.807, 2.05) is 48.4 Å². The van der Waals surface area contributed by atoms with Crippen LogP contribution in [-0.4, -0.2) is 47.9 Å². The molecule has 1 atom stereocenters. The number of hydrogen-bond acceptors (Lipinski definition) is 4. The van der Waals surface area contributed by atoms with Crippen molar-refractivity contribution in [2.75, 3.05) is 26.2 Å². The molecule has 7 heteroatoms. The molecule has 3 aromatic rings. The predicted octanol–water partition coefficient (Wildman–Crippen LogP) is 4.92. The fraction of sp³-hybridized carbons (Fsp3) is 0.333. The fourth-order valence-electron chi connectivity index (χ4n) is 4.29. The van der Waals surface area contributed by atoms with Crippen LogP contribution < -0.4 is 4.74 Å². The number of ether oxygens (including phenoxy) is 1. The van der Waals surface area contributed by atoms with Gasteiger partial charge in [-0.1, -0.05) is 44.2 Å². The molecule has 0 N–H and O–H groups in total. The lowest BCUT2D eigenvalue weighted by Crippen LogP contribution is -2.48. The molecule has 178 valence electrons. The maximum atomic E-state index is 13.6. The Kier molecular flexibility index (Phi) is 7.63. The van der Waals surface area contributed by atoms with Crippen molar-refractivity contribution in [1.29, 1.82) is 0 Å². The Morgan fingerprint density at radius 1 is 1.12 bits per heavy atom. The highest BCUT2D eigenvalue weighted by Crippen LogP contribution is 2.38. The SMILES string of the molecule is CC(C)CN(CC(=O)N1CCc2sccc2C1c1ccc(F)cc1)C(=O)COc1ccccc1. The molecular formula is C27H29FN2O3S. The quantitative estimate of drug-likeness (QED) is 0.460. The van der Waals surface area contributed by atoms with Gasteiger partial charge in [0.1, 0.15) is 11.6 Å². The van der Waals surface area contributed by atoms with E-state index in [2.05, 4.69) is 0 Å². The highest BCUT2D eigenvalue weighted by Gasteiger charge is 2.34. The van der Waals surface area contributed by atoms with Gasteiger partial charge in [-0.2, -0.15) is 0 Å². The third kappa shape index (κ3) is 5.65. The number of carbonyl (C=O) groups is 2. The van der Waals surface area contributed by atoms with Crippen molar-refractivity contribution in [1.82, 2.24) is 9.80 Å². The van der Waals surface area contributed by atoms with Gasteiger partial charge in [0, 0.05) is 18.0 Å². The highest BCUT2D eigenvalue weighted by atomic mass is 32.1. The first kappa shape index (κ1) is 24.0. The number of rotatable bonds is 8. The van der Waals surface area contributed by atoms with Gasteiger partial charge in [-0.05, 0) is 59.2 Å². The van der Waals surface area contributed by atoms with E-state index in [4.69, 9.17) is 4.74 Å². The predicted molar refractivity (Wildman–Crippen MR) is 131 cm³/mol. The topological polar surface area (TPSA) is 49.9 Å². The van der Waals surface area contributed by atoms with Crippen molar-refractivity contribution < 1.29 is 18.7 Å². The summed E-state index contributed by atoms with van der Waals surface area (Å²) in [4.78, 5) is 31.2. The van der Waals surface area contributed by atoms with E-state index in [0.29, 0.717) is 18.8 Å². The Labute approximate surface area is 203 Å². The zero-order chi connectivity index (χ0) is 24.1. The summed E-state index contributed by atoms with van der Waals surface area (Å²) < 4.78 is 19.2. The minimum Gasteiger partial charge on any atom is -0.484 e. The second-order valence-electron chi connectivity index (χ2n) is 8.86. The normalized spacial score (nSPS) is 15.2. The van der Waals surface area contributed by atoms with Crippen LogP contribution in [0.15, 0.2) is 66.0 Å². The molecule has 5 nitrogen and oxygen atoms in total. The van der Waals surface area contributed by atoms with Gasteiger partial charge < -0.3 is 14.5 Å². The Morgan fingerprint density at radius 3 is 2.56 bits per heavy atom. The van der Waals surface area contributed by atoms with Crippen LogP contribution in [0.3, 0.4) is 0 Å². The molecule has 1 aromatic heterocycles. The molecule has 1 aliphatic rings. The number of amides is 2. The monoisotopic (exact) mass is 480 g/mol. The van der Waals surface area contributed by atoms with Crippen LogP contribution in [0, 0.1) is 11.7 Å². The first-order valence-corrected chi connectivity index (χ1v) is 12.4. The highest BCUT2D eigenvalue weighted by molar-refractivity contribution is 7.10. The smallest absolute Gasteiger partial charge is 0.260 e. The lowest BCUT2D eigenvalue weighted by atomic mass is 9.93. The van der Waals surface area contributed by atoms with Gasteiger partial charge in [0.2, 0.25) is 5.91 Å². The summed E-state index contributed by atoms with van der Waals surface area (Å²) in [6.07, 6.45) is 0.770. The third-order valence-corrected chi connectivity index (χ3v) is 6.84. The average Bonchev–Trinajstić information content (AvgIpc) is 3.31. The van der Waals surface area contributed by atoms with E-state index in [-0.39, 0.29) is 42.7 Å². The standard InChI is InChI=1S/C27H29FN2O3S/c1-19(2)16-29(26(32)18-33-22-6-4-3-5-7-22)17-25(31)30-14-12-24-23(13-15-34-24)27(30)20-8-10-21(28)11-9-20/h3-11,13,15,19,27H,12,14,16-18H2,1-2H3. The molecule has 0 spiro atoms. The van der Waals surface area contributed by atoms with Crippen LogP contribution in [0.4, 0.5) is 4.39 Å². The molecule has 4 rings (SSSR count). The van der Waals surface area contributed by atoms with E-state index in [0.717, 1.165) is 17.5 Å². The largest absolute Gasteiger partial charge is 0.484 e. The summed E-state index contributed by atoms with van der Waals surface area (Å²) in [7, 11) is 0. The van der Waals surface area contributed by atoms with E-state index >= 15 is 0 Å². The van der Waals surface area contributed by atoms with E-state index in [9.17, 15) is 14.0 Å². The summed E-state index contributed by atoms with van der Waals surface area (Å²) in [6, 6.07) is 17.2. The fourth-order valence-corrected chi connectivity index (χ4v) is 5.20. The molecular weight excluding hydrogens is 451 g/mol. The molecule has 0 fully saturated rings. The summed E-state index contributed by atoms with van der Waals surface area (Å²) in [5, 5.41) is 2.03. The second kappa shape index (κ2) is 10.8. The van der Waals surface area contributed by atoms with Crippen molar-refractivity contribution in [3.05, 3.63) is 87.9 Å². The van der Waals surface area contributed by atoms with Crippen LogP contribution >= 0.6 is 11.3 Å². The van der Waals surface area contributed by atoms with E-state index in [1.165, 1.54) is 17.0 Å². The molecule has 0 aliphatic carbocycles. The van der Waals surface area contributed by atoms with Crippen molar-refractivity contribution in [3.8, 4) is 5.75 Å². The van der Waals surface area contributed by atoms with Crippen LogP contribution in [-0.2, 0) is 16.0 Å². The number of nitrogens with zero attached hydrogens (tertiary/aromatic N) is 2. The van der Waals surface area contributed by atoms with Gasteiger partial charge >= 0.3 is 0 Å². The number of halogens is 1. The molecule has 0 radical (unpaired) electrons. The van der Waals surface area contributed by atoms with Crippen molar-refractivity contribution in [3.63, 3.8) is 0 Å². The van der Waals surface area contributed by atoms with Crippen LogP contribution in [0.1, 0.15) is 35.9 Å². The van der Waals surface area contributed by atoms with Gasteiger partial charge in [0.15, 0.2) is 6.61 Å². The second-order valence-corrected chi connectivity index (χ2v) is 9.86. The van der Waals surface area contributed by atoms with Gasteiger partial charge in [0.05, 0.1) is 12.6 Å². The maximum Gasteiger partial charge on any atom is 0.260 e. The van der Waals surface area contributed by atoms with Crippen molar-refractivity contribution >= 4 is 23.2 Å². The lowest BCUT2D eigenvalue weighted by Gasteiger charge is -2.37. The third-order valence-electron chi connectivity index (χ3n) is 5.84. The van der Waals surface area contributed by atoms with Gasteiger partial charge in [-0.25, -0.2) is 4.39 Å². The van der Waals surface area contributed by atoms with Gasteiger partial charge in [-0.3, -0.25) is 9.59 Å². The summed E-state index contributed by atoms with van der Waals surface area (Å²) in [5.74, 6) is 0.155. The lowest BCUT2D eigenvalue weighted by molar-refractivity contribution is -0.143. The van der Waals surface area contributed by atoms with Gasteiger partial charge in [-0.15, -0.1) is 11.3 Å². The number of hydrogen-bond donors (Lipinski definition) is 0. The molecule has 1 unspecified atom stereocenters. The molecule has 34 heavy (non-hydrogen) atoms. The van der Waals surface area contributed by atoms with E-state index in [1.54, 1.807) is 40.5 Å². The summed E-state index contributed by atoms with van der Waals surface area (Å²) in [6.45, 7) is 4.90. The number of thiophene rings is 1. The maximum absolute atomic E-state index is 13.6. The van der Waals surface area contributed by atoms with Crippen molar-refractivity contribution in [2.45, 2.75) is 26.3 Å². The Bertz CT molecular complexity index is 1110. The van der Waals surface area contributed by atoms with Gasteiger partial charge in [0.25, 0.3) is 5.91 Å². The van der Waals surface area contributed by atoms with Crippen LogP contribution in [0.5, 0.6) is 5.75 Å². The molecule has 0 bridgehead atoms. The molecule has 2 heterocycles. The Morgan fingerprint density at radius 2 is 1.85 bits per heavy atom. The molecule has 0 saturated carbocycles. The Balaban J connectivity index is 1.52. The summed E-state index contributed by atoms with van der Waals surface area (Å²) >= 11 is 1.68. The number of fused-ring (bicyclic) bond motifs is 1. The number of benzene rings is 2. The number of carbonyl (C=O) groups excluding carboxylic acids is 2. The average molecular weight is 481 g/mol. The summed E-state index contributed by atoms with van der Waals surface area (Å²) in [5.41, 5.74) is 1.94. The zero-order valence-corrected chi connectivity index (χ0v) is 20.3. The first-order chi connectivity index (χ1) is 16.4. The minimum absolute atomic E-state index is 0.0215. The number of para-hydroxylation sites is 1.